The average Bonchev–Trinajstić information content (AvgIpc) is 2.48. The van der Waals surface area contributed by atoms with Crippen molar-refractivity contribution in [2.45, 2.75) is 6.10 Å². The summed E-state index contributed by atoms with van der Waals surface area (Å²) in [5, 5.41) is 12.1. The van der Waals surface area contributed by atoms with E-state index < -0.39 is 12.2 Å². The number of alkyl carbamates (subject to hydrolysis) is 1. The van der Waals surface area contributed by atoms with E-state index in [4.69, 9.17) is 19.9 Å². The molecule has 1 rings (SSSR count). The molecule has 1 aromatic rings. The molecular formula is C13H20N2O5. The predicted octanol–water partition coefficient (Wildman–Crippen LogP) is 0.120. The van der Waals surface area contributed by atoms with Crippen molar-refractivity contribution in [3.05, 3.63) is 24.3 Å². The molecule has 1 aromatic carbocycles. The van der Waals surface area contributed by atoms with Gasteiger partial charge in [0.2, 0.25) is 0 Å². The minimum Gasteiger partial charge on any atom is -0.493 e. The van der Waals surface area contributed by atoms with Gasteiger partial charge >= 0.3 is 6.09 Å². The lowest BCUT2D eigenvalue weighted by atomic mass is 10.3. The standard InChI is InChI=1S/C13H20N2O5/c1-18-11-4-2-3-5-12(11)19-8-10(16)9-20-13(17)15-7-6-14/h2-5,10,16H,6-9,14H2,1H3,(H,15,17). The van der Waals surface area contributed by atoms with Crippen LogP contribution in [0.1, 0.15) is 0 Å². The maximum Gasteiger partial charge on any atom is 0.407 e. The molecule has 0 fully saturated rings. The summed E-state index contributed by atoms with van der Waals surface area (Å²) in [6, 6.07) is 7.08. The summed E-state index contributed by atoms with van der Waals surface area (Å²) in [4.78, 5) is 11.1. The number of carbonyl (C=O) groups excluding carboxylic acids is 1. The molecule has 20 heavy (non-hydrogen) atoms. The first kappa shape index (κ1) is 16.1. The molecule has 1 unspecified atom stereocenters. The van der Waals surface area contributed by atoms with Crippen molar-refractivity contribution in [3.63, 3.8) is 0 Å². The molecule has 1 amide bonds. The van der Waals surface area contributed by atoms with Gasteiger partial charge in [-0.2, -0.15) is 0 Å². The molecule has 0 bridgehead atoms. The molecule has 0 radical (unpaired) electrons. The molecule has 0 aliphatic heterocycles. The van der Waals surface area contributed by atoms with Crippen molar-refractivity contribution in [1.29, 1.82) is 0 Å². The second-order valence-corrected chi connectivity index (χ2v) is 3.93. The van der Waals surface area contributed by atoms with Gasteiger partial charge in [-0.25, -0.2) is 4.79 Å². The molecule has 0 heterocycles. The van der Waals surface area contributed by atoms with Gasteiger partial charge in [-0.05, 0) is 12.1 Å². The molecule has 0 spiro atoms. The quantitative estimate of drug-likeness (QED) is 0.626. The van der Waals surface area contributed by atoms with E-state index in [1.807, 2.05) is 6.07 Å². The number of aliphatic hydroxyl groups is 1. The second kappa shape index (κ2) is 9.00. The number of methoxy groups -OCH3 is 1. The van der Waals surface area contributed by atoms with Crippen LogP contribution < -0.4 is 20.5 Å². The molecule has 0 aliphatic carbocycles. The Labute approximate surface area is 117 Å². The normalized spacial score (nSPS) is 11.6. The zero-order chi connectivity index (χ0) is 14.8. The maximum atomic E-state index is 11.1. The van der Waals surface area contributed by atoms with E-state index in [1.54, 1.807) is 18.2 Å². The molecule has 1 atom stereocenters. The number of amides is 1. The van der Waals surface area contributed by atoms with Crippen molar-refractivity contribution in [2.24, 2.45) is 5.73 Å². The maximum absolute atomic E-state index is 11.1. The monoisotopic (exact) mass is 284 g/mol. The van der Waals surface area contributed by atoms with Crippen LogP contribution in [-0.4, -0.2) is 50.7 Å². The smallest absolute Gasteiger partial charge is 0.407 e. The van der Waals surface area contributed by atoms with Crippen LogP contribution in [0.5, 0.6) is 11.5 Å². The number of benzene rings is 1. The first-order chi connectivity index (χ1) is 9.67. The Morgan fingerprint density at radius 2 is 2.05 bits per heavy atom. The van der Waals surface area contributed by atoms with Crippen LogP contribution in [0.2, 0.25) is 0 Å². The highest BCUT2D eigenvalue weighted by Crippen LogP contribution is 2.25. The van der Waals surface area contributed by atoms with E-state index in [0.717, 1.165) is 0 Å². The van der Waals surface area contributed by atoms with Crippen LogP contribution in [0.25, 0.3) is 0 Å². The lowest BCUT2D eigenvalue weighted by Crippen LogP contribution is -2.33. The van der Waals surface area contributed by atoms with Crippen molar-refractivity contribution >= 4 is 6.09 Å². The van der Waals surface area contributed by atoms with E-state index in [0.29, 0.717) is 24.6 Å². The fourth-order valence-corrected chi connectivity index (χ4v) is 1.37. The third-order valence-electron chi connectivity index (χ3n) is 2.32. The van der Waals surface area contributed by atoms with Gasteiger partial charge in [-0.1, -0.05) is 12.1 Å². The summed E-state index contributed by atoms with van der Waals surface area (Å²) in [5.41, 5.74) is 5.22. The van der Waals surface area contributed by atoms with Gasteiger partial charge < -0.3 is 30.4 Å². The Kier molecular flexibility index (Phi) is 7.23. The lowest BCUT2D eigenvalue weighted by Gasteiger charge is -2.14. The number of para-hydroxylation sites is 2. The van der Waals surface area contributed by atoms with Gasteiger partial charge in [0.1, 0.15) is 19.3 Å². The van der Waals surface area contributed by atoms with E-state index in [1.165, 1.54) is 7.11 Å². The highest BCUT2D eigenvalue weighted by Gasteiger charge is 2.10. The van der Waals surface area contributed by atoms with Gasteiger partial charge in [0, 0.05) is 13.1 Å². The highest BCUT2D eigenvalue weighted by molar-refractivity contribution is 5.67. The number of nitrogens with one attached hydrogen (secondary N) is 1. The number of hydrogen-bond acceptors (Lipinski definition) is 6. The number of nitrogens with two attached hydrogens (primary N) is 1. The van der Waals surface area contributed by atoms with Gasteiger partial charge in [0.25, 0.3) is 0 Å². The third-order valence-corrected chi connectivity index (χ3v) is 2.32. The van der Waals surface area contributed by atoms with Crippen molar-refractivity contribution < 1.29 is 24.1 Å². The number of ether oxygens (including phenoxy) is 3. The minimum absolute atomic E-state index is 0.00938. The summed E-state index contributed by atoms with van der Waals surface area (Å²) in [6.45, 7) is 0.483. The first-order valence-electron chi connectivity index (χ1n) is 6.22. The van der Waals surface area contributed by atoms with E-state index >= 15 is 0 Å². The zero-order valence-corrected chi connectivity index (χ0v) is 11.4. The number of aliphatic hydroxyl groups excluding tert-OH is 1. The highest BCUT2D eigenvalue weighted by atomic mass is 16.6. The zero-order valence-electron chi connectivity index (χ0n) is 11.4. The number of carbonyl (C=O) groups is 1. The molecular weight excluding hydrogens is 264 g/mol. The number of rotatable bonds is 8. The van der Waals surface area contributed by atoms with Gasteiger partial charge in [-0.15, -0.1) is 0 Å². The molecule has 0 aromatic heterocycles. The topological polar surface area (TPSA) is 103 Å². The van der Waals surface area contributed by atoms with Crippen LogP contribution >= 0.6 is 0 Å². The van der Waals surface area contributed by atoms with Crippen LogP contribution in [0.15, 0.2) is 24.3 Å². The van der Waals surface area contributed by atoms with Crippen molar-refractivity contribution in [2.75, 3.05) is 33.4 Å². The van der Waals surface area contributed by atoms with Gasteiger partial charge in [0.15, 0.2) is 11.5 Å². The Balaban J connectivity index is 2.29. The van der Waals surface area contributed by atoms with Crippen LogP contribution in [0.4, 0.5) is 4.79 Å². The molecule has 7 nitrogen and oxygen atoms in total. The Bertz CT molecular complexity index is 414. The number of hydrogen-bond donors (Lipinski definition) is 3. The van der Waals surface area contributed by atoms with E-state index in [-0.39, 0.29) is 13.2 Å². The van der Waals surface area contributed by atoms with Crippen LogP contribution in [0, 0.1) is 0 Å². The molecule has 4 N–H and O–H groups in total. The Hall–Kier alpha value is -1.99. The molecule has 0 saturated heterocycles. The Morgan fingerprint density at radius 1 is 1.35 bits per heavy atom. The van der Waals surface area contributed by atoms with E-state index in [2.05, 4.69) is 5.32 Å². The van der Waals surface area contributed by atoms with Crippen molar-refractivity contribution in [1.82, 2.24) is 5.32 Å². The summed E-state index contributed by atoms with van der Waals surface area (Å²) in [5.74, 6) is 1.09. The Morgan fingerprint density at radius 3 is 2.70 bits per heavy atom. The van der Waals surface area contributed by atoms with Crippen LogP contribution in [-0.2, 0) is 4.74 Å². The van der Waals surface area contributed by atoms with Gasteiger partial charge in [-0.3, -0.25) is 0 Å². The SMILES string of the molecule is COc1ccccc1OCC(O)COC(=O)NCCN. The molecule has 112 valence electrons. The summed E-state index contributed by atoms with van der Waals surface area (Å²) >= 11 is 0. The average molecular weight is 284 g/mol. The summed E-state index contributed by atoms with van der Waals surface area (Å²) in [6.07, 6.45) is -1.55. The summed E-state index contributed by atoms with van der Waals surface area (Å²) in [7, 11) is 1.53. The fraction of sp³-hybridized carbons (Fsp3) is 0.462. The van der Waals surface area contributed by atoms with Crippen molar-refractivity contribution in [3.8, 4) is 11.5 Å². The second-order valence-electron chi connectivity index (χ2n) is 3.93. The largest absolute Gasteiger partial charge is 0.493 e. The fourth-order valence-electron chi connectivity index (χ4n) is 1.37. The molecule has 7 heteroatoms. The predicted molar refractivity (Wildman–Crippen MR) is 72.9 cm³/mol. The first-order valence-corrected chi connectivity index (χ1v) is 6.22. The van der Waals surface area contributed by atoms with Gasteiger partial charge in [0.05, 0.1) is 7.11 Å². The molecule has 0 saturated carbocycles. The van der Waals surface area contributed by atoms with Crippen LogP contribution in [0.3, 0.4) is 0 Å². The third kappa shape index (κ3) is 5.77. The lowest BCUT2D eigenvalue weighted by molar-refractivity contribution is 0.0384. The van der Waals surface area contributed by atoms with E-state index in [9.17, 15) is 9.90 Å². The minimum atomic E-state index is -0.927. The molecule has 0 aliphatic rings. The summed E-state index contributed by atoms with van der Waals surface area (Å²) < 4.78 is 15.3.